The Morgan fingerprint density at radius 1 is 1.35 bits per heavy atom. The highest BCUT2D eigenvalue weighted by molar-refractivity contribution is 8.26. The van der Waals surface area contributed by atoms with E-state index in [2.05, 4.69) is 0 Å². The molecule has 26 heavy (non-hydrogen) atoms. The number of hydrogen-bond donors (Lipinski definition) is 0. The maximum atomic E-state index is 12.5. The van der Waals surface area contributed by atoms with Crippen LogP contribution in [-0.2, 0) is 9.59 Å². The van der Waals surface area contributed by atoms with Crippen molar-refractivity contribution in [2.45, 2.75) is 33.2 Å². The number of nitrogens with zero attached hydrogens (tertiary/aromatic N) is 1. The molecule has 1 heterocycles. The van der Waals surface area contributed by atoms with Crippen LogP contribution in [0.5, 0.6) is 11.5 Å². The molecule has 0 aromatic heterocycles. The van der Waals surface area contributed by atoms with Gasteiger partial charge in [0.25, 0.3) is 5.91 Å². The number of amides is 1. The SMILES string of the molecule is CCCOc1ccc(/C=C2/SC(=S)N([C@@H](C)C(=O)[O-])C2=O)cc1OCC. The Labute approximate surface area is 162 Å². The summed E-state index contributed by atoms with van der Waals surface area (Å²) in [4.78, 5) is 25.0. The molecule has 1 fully saturated rings. The van der Waals surface area contributed by atoms with Crippen LogP contribution in [0.3, 0.4) is 0 Å². The molecule has 1 atom stereocenters. The molecule has 0 aliphatic carbocycles. The van der Waals surface area contributed by atoms with Gasteiger partial charge in [0.15, 0.2) is 11.5 Å². The molecule has 2 rings (SSSR count). The number of rotatable bonds is 8. The van der Waals surface area contributed by atoms with Crippen LogP contribution in [0.4, 0.5) is 0 Å². The van der Waals surface area contributed by atoms with Crippen molar-refractivity contribution in [2.75, 3.05) is 13.2 Å². The minimum atomic E-state index is -1.35. The Hall–Kier alpha value is -2.06. The zero-order valence-corrected chi connectivity index (χ0v) is 16.4. The summed E-state index contributed by atoms with van der Waals surface area (Å²) in [5.41, 5.74) is 0.735. The summed E-state index contributed by atoms with van der Waals surface area (Å²) in [5, 5.41) is 11.1. The molecule has 1 amide bonds. The summed E-state index contributed by atoms with van der Waals surface area (Å²) in [6.45, 7) is 6.33. The average molecular weight is 394 g/mol. The number of hydrogen-bond acceptors (Lipinski definition) is 7. The number of carboxylic acid groups (broad SMARTS) is 1. The van der Waals surface area contributed by atoms with Gasteiger partial charge in [-0.05, 0) is 44.0 Å². The number of thiocarbonyl (C=S) groups is 1. The number of aliphatic carboxylic acids is 1. The first kappa shape index (κ1) is 20.3. The van der Waals surface area contributed by atoms with E-state index in [1.165, 1.54) is 6.92 Å². The first-order valence-electron chi connectivity index (χ1n) is 8.26. The third-order valence-electron chi connectivity index (χ3n) is 3.58. The number of carbonyl (C=O) groups is 2. The van der Waals surface area contributed by atoms with Crippen molar-refractivity contribution < 1.29 is 24.2 Å². The summed E-state index contributed by atoms with van der Waals surface area (Å²) in [6, 6.07) is 4.26. The highest BCUT2D eigenvalue weighted by atomic mass is 32.2. The van der Waals surface area contributed by atoms with E-state index in [-0.39, 0.29) is 4.32 Å². The van der Waals surface area contributed by atoms with Crippen LogP contribution in [0.1, 0.15) is 32.8 Å². The van der Waals surface area contributed by atoms with Gasteiger partial charge in [-0.3, -0.25) is 9.69 Å². The van der Waals surface area contributed by atoms with Gasteiger partial charge in [0.05, 0.1) is 30.1 Å². The zero-order chi connectivity index (χ0) is 19.3. The van der Waals surface area contributed by atoms with Crippen LogP contribution in [-0.4, -0.2) is 40.4 Å². The van der Waals surface area contributed by atoms with Crippen LogP contribution >= 0.6 is 24.0 Å². The Balaban J connectivity index is 2.28. The van der Waals surface area contributed by atoms with Gasteiger partial charge in [0.1, 0.15) is 4.32 Å². The van der Waals surface area contributed by atoms with Crippen molar-refractivity contribution in [2.24, 2.45) is 0 Å². The Kier molecular flexibility index (Phi) is 7.05. The molecule has 1 aromatic rings. The molecule has 0 spiro atoms. The van der Waals surface area contributed by atoms with Crippen molar-refractivity contribution in [3.63, 3.8) is 0 Å². The van der Waals surface area contributed by atoms with Gasteiger partial charge < -0.3 is 19.4 Å². The summed E-state index contributed by atoms with van der Waals surface area (Å²) in [6.07, 6.45) is 2.54. The van der Waals surface area contributed by atoms with Crippen molar-refractivity contribution in [1.82, 2.24) is 4.90 Å². The fourth-order valence-electron chi connectivity index (χ4n) is 2.28. The maximum absolute atomic E-state index is 12.5. The van der Waals surface area contributed by atoms with Crippen LogP contribution < -0.4 is 14.6 Å². The van der Waals surface area contributed by atoms with Gasteiger partial charge in [-0.25, -0.2) is 0 Å². The van der Waals surface area contributed by atoms with Gasteiger partial charge in [0, 0.05) is 0 Å². The van der Waals surface area contributed by atoms with Gasteiger partial charge in [0.2, 0.25) is 0 Å². The normalized spacial score (nSPS) is 16.9. The standard InChI is InChI=1S/C18H21NO5S2/c1-4-8-24-13-7-6-12(9-14(13)23-5-2)10-15-16(20)19(18(25)26-15)11(3)17(21)22/h6-7,9-11H,4-5,8H2,1-3H3,(H,21,22)/p-1/b15-10+/t11-/m0/s1. The van der Waals surface area contributed by atoms with E-state index in [9.17, 15) is 14.7 Å². The maximum Gasteiger partial charge on any atom is 0.266 e. The van der Waals surface area contributed by atoms with Crippen LogP contribution in [0.2, 0.25) is 0 Å². The molecule has 0 radical (unpaired) electrons. The fourth-order valence-corrected chi connectivity index (χ4v) is 3.70. The van der Waals surface area contributed by atoms with Gasteiger partial charge in [-0.15, -0.1) is 0 Å². The summed E-state index contributed by atoms with van der Waals surface area (Å²) >= 11 is 6.20. The van der Waals surface area contributed by atoms with Crippen molar-refractivity contribution in [3.05, 3.63) is 28.7 Å². The number of ether oxygens (including phenoxy) is 2. The molecular weight excluding hydrogens is 374 g/mol. The van der Waals surface area contributed by atoms with Gasteiger partial charge in [-0.2, -0.15) is 0 Å². The molecule has 140 valence electrons. The van der Waals surface area contributed by atoms with Crippen LogP contribution in [0.15, 0.2) is 23.1 Å². The summed E-state index contributed by atoms with van der Waals surface area (Å²) in [5.74, 6) is -0.558. The number of thioether (sulfide) groups is 1. The van der Waals surface area contributed by atoms with Gasteiger partial charge >= 0.3 is 0 Å². The fraction of sp³-hybridized carbons (Fsp3) is 0.389. The molecule has 1 aliphatic heterocycles. The zero-order valence-electron chi connectivity index (χ0n) is 14.8. The molecule has 1 aromatic carbocycles. The quantitative estimate of drug-likeness (QED) is 0.494. The van der Waals surface area contributed by atoms with Crippen molar-refractivity contribution >= 4 is 46.3 Å². The van der Waals surface area contributed by atoms with Crippen molar-refractivity contribution in [3.8, 4) is 11.5 Å². The largest absolute Gasteiger partial charge is 0.548 e. The number of benzene rings is 1. The minimum absolute atomic E-state index is 0.200. The average Bonchev–Trinajstić information content (AvgIpc) is 2.87. The predicted octanol–water partition coefficient (Wildman–Crippen LogP) is 2.21. The highest BCUT2D eigenvalue weighted by Crippen LogP contribution is 2.35. The van der Waals surface area contributed by atoms with E-state index >= 15 is 0 Å². The lowest BCUT2D eigenvalue weighted by molar-refractivity contribution is -0.309. The lowest BCUT2D eigenvalue weighted by atomic mass is 10.1. The monoisotopic (exact) mass is 394 g/mol. The Morgan fingerprint density at radius 3 is 2.69 bits per heavy atom. The van der Waals surface area contributed by atoms with Crippen LogP contribution in [0.25, 0.3) is 6.08 Å². The van der Waals surface area contributed by atoms with E-state index in [1.54, 1.807) is 18.2 Å². The second-order valence-electron chi connectivity index (χ2n) is 5.53. The molecule has 0 saturated carbocycles. The first-order chi connectivity index (χ1) is 12.4. The molecule has 0 bridgehead atoms. The highest BCUT2D eigenvalue weighted by Gasteiger charge is 2.35. The molecule has 1 aliphatic rings. The Morgan fingerprint density at radius 2 is 2.08 bits per heavy atom. The summed E-state index contributed by atoms with van der Waals surface area (Å²) < 4.78 is 11.5. The van der Waals surface area contributed by atoms with Gasteiger partial charge in [-0.1, -0.05) is 37.0 Å². The molecule has 1 saturated heterocycles. The second-order valence-corrected chi connectivity index (χ2v) is 7.21. The first-order valence-corrected chi connectivity index (χ1v) is 9.49. The molecule has 8 heteroatoms. The number of carboxylic acids is 1. The van der Waals surface area contributed by atoms with E-state index < -0.39 is 17.9 Å². The van der Waals surface area contributed by atoms with Crippen molar-refractivity contribution in [1.29, 1.82) is 0 Å². The molecule has 0 unspecified atom stereocenters. The minimum Gasteiger partial charge on any atom is -0.548 e. The topological polar surface area (TPSA) is 78.9 Å². The second kappa shape index (κ2) is 9.05. The smallest absolute Gasteiger partial charge is 0.266 e. The molecular formula is C18H20NO5S2-. The van der Waals surface area contributed by atoms with Crippen LogP contribution in [0, 0.1) is 0 Å². The lowest BCUT2D eigenvalue weighted by Gasteiger charge is -2.23. The molecule has 6 nitrogen and oxygen atoms in total. The lowest BCUT2D eigenvalue weighted by Crippen LogP contribution is -2.48. The van der Waals surface area contributed by atoms with E-state index in [0.717, 1.165) is 28.6 Å². The van der Waals surface area contributed by atoms with E-state index in [0.29, 0.717) is 29.6 Å². The third kappa shape index (κ3) is 4.56. The summed E-state index contributed by atoms with van der Waals surface area (Å²) in [7, 11) is 0. The molecule has 0 N–H and O–H groups in total. The third-order valence-corrected chi connectivity index (χ3v) is 4.91. The Bertz CT molecular complexity index is 747. The number of carbonyl (C=O) groups excluding carboxylic acids is 2. The van der Waals surface area contributed by atoms with E-state index in [1.807, 2.05) is 19.9 Å². The predicted molar refractivity (Wildman–Crippen MR) is 103 cm³/mol. The van der Waals surface area contributed by atoms with E-state index in [4.69, 9.17) is 21.7 Å².